The summed E-state index contributed by atoms with van der Waals surface area (Å²) in [5.74, 6) is -1.26. The summed E-state index contributed by atoms with van der Waals surface area (Å²) in [5, 5.41) is 11.4. The second-order valence-corrected chi connectivity index (χ2v) is 7.15. The Morgan fingerprint density at radius 2 is 1.64 bits per heavy atom. The third-order valence-corrected chi connectivity index (χ3v) is 4.79. The van der Waals surface area contributed by atoms with Crippen molar-refractivity contribution in [3.05, 3.63) is 65.7 Å². The number of hydrogen-bond acceptors (Lipinski definition) is 4. The Hall–Kier alpha value is -2.87. The lowest BCUT2D eigenvalue weighted by atomic mass is 10.1. The molecule has 2 aromatic carbocycles. The van der Waals surface area contributed by atoms with E-state index in [1.807, 2.05) is 4.72 Å². The molecule has 0 aliphatic carbocycles. The van der Waals surface area contributed by atoms with Crippen LogP contribution in [-0.4, -0.2) is 31.6 Å². The lowest BCUT2D eigenvalue weighted by Crippen LogP contribution is -2.48. The van der Waals surface area contributed by atoms with Gasteiger partial charge in [-0.2, -0.15) is 0 Å². The molecule has 0 heterocycles. The Morgan fingerprint density at radius 3 is 2.20 bits per heavy atom. The number of urea groups is 1. The maximum atomic E-state index is 12.1. The van der Waals surface area contributed by atoms with Gasteiger partial charge in [-0.05, 0) is 24.6 Å². The second kappa shape index (κ2) is 7.80. The molecule has 2 amide bonds. The number of carbonyl (C=O) groups is 2. The van der Waals surface area contributed by atoms with E-state index in [-0.39, 0.29) is 11.3 Å². The van der Waals surface area contributed by atoms with Crippen LogP contribution in [-0.2, 0) is 21.2 Å². The Labute approximate surface area is 145 Å². The molecule has 0 unspecified atom stereocenters. The Bertz CT molecular complexity index is 848. The minimum absolute atomic E-state index is 0.0359. The zero-order valence-corrected chi connectivity index (χ0v) is 14.3. The highest BCUT2D eigenvalue weighted by Gasteiger charge is 2.23. The van der Waals surface area contributed by atoms with Gasteiger partial charge >= 0.3 is 12.0 Å². The standard InChI is InChI=1S/C17H18N2O5S/c1-12-7-9-14(10-8-12)25(23,24)19-17(22)18-15(16(20)21)11-13-5-3-2-4-6-13/h2-10,15H,11H2,1H3,(H,20,21)(H2,18,19,22)/t15-/m0/s1. The summed E-state index contributed by atoms with van der Waals surface area (Å²) in [4.78, 5) is 23.2. The topological polar surface area (TPSA) is 113 Å². The number of carbonyl (C=O) groups excluding carboxylic acids is 1. The average Bonchev–Trinajstić information content (AvgIpc) is 2.55. The van der Waals surface area contributed by atoms with E-state index in [1.54, 1.807) is 49.4 Å². The monoisotopic (exact) mass is 362 g/mol. The van der Waals surface area contributed by atoms with Crippen LogP contribution in [0.25, 0.3) is 0 Å². The zero-order chi connectivity index (χ0) is 18.4. The lowest BCUT2D eigenvalue weighted by molar-refractivity contribution is -0.139. The van der Waals surface area contributed by atoms with Crippen molar-refractivity contribution < 1.29 is 23.1 Å². The Balaban J connectivity index is 2.05. The first-order valence-corrected chi connectivity index (χ1v) is 8.93. The fourth-order valence-corrected chi connectivity index (χ4v) is 3.05. The first kappa shape index (κ1) is 18.5. The van der Waals surface area contributed by atoms with Gasteiger partial charge in [-0.15, -0.1) is 0 Å². The lowest BCUT2D eigenvalue weighted by Gasteiger charge is -2.15. The number of sulfonamides is 1. The van der Waals surface area contributed by atoms with Gasteiger partial charge in [0.2, 0.25) is 0 Å². The molecule has 132 valence electrons. The van der Waals surface area contributed by atoms with E-state index < -0.39 is 28.1 Å². The van der Waals surface area contributed by atoms with E-state index in [0.717, 1.165) is 5.56 Å². The van der Waals surface area contributed by atoms with Crippen molar-refractivity contribution in [2.45, 2.75) is 24.3 Å². The fraction of sp³-hybridized carbons (Fsp3) is 0.176. The Morgan fingerprint density at radius 1 is 1.04 bits per heavy atom. The molecule has 3 N–H and O–H groups in total. The van der Waals surface area contributed by atoms with Crippen molar-refractivity contribution >= 4 is 22.0 Å². The van der Waals surface area contributed by atoms with Crippen LogP contribution in [0.4, 0.5) is 4.79 Å². The van der Waals surface area contributed by atoms with Gasteiger partial charge in [0, 0.05) is 6.42 Å². The summed E-state index contributed by atoms with van der Waals surface area (Å²) in [7, 11) is -4.08. The molecular formula is C17H18N2O5S. The predicted molar refractivity (Wildman–Crippen MR) is 91.6 cm³/mol. The van der Waals surface area contributed by atoms with Gasteiger partial charge in [0.1, 0.15) is 6.04 Å². The van der Waals surface area contributed by atoms with E-state index >= 15 is 0 Å². The number of nitrogens with one attached hydrogen (secondary N) is 2. The van der Waals surface area contributed by atoms with Crippen LogP contribution in [0.2, 0.25) is 0 Å². The van der Waals surface area contributed by atoms with Crippen molar-refractivity contribution in [3.8, 4) is 0 Å². The molecule has 1 atom stereocenters. The molecule has 0 fully saturated rings. The predicted octanol–water partition coefficient (Wildman–Crippen LogP) is 1.68. The molecule has 25 heavy (non-hydrogen) atoms. The molecule has 0 saturated carbocycles. The first-order chi connectivity index (χ1) is 11.8. The van der Waals surface area contributed by atoms with Gasteiger partial charge in [-0.25, -0.2) is 22.7 Å². The van der Waals surface area contributed by atoms with Gasteiger partial charge in [0.25, 0.3) is 10.0 Å². The summed E-state index contributed by atoms with van der Waals surface area (Å²) in [6, 6.07) is 12.3. The molecule has 2 rings (SSSR count). The molecule has 2 aromatic rings. The molecular weight excluding hydrogens is 344 g/mol. The molecule has 0 bridgehead atoms. The summed E-state index contributed by atoms with van der Waals surface area (Å²) in [5.41, 5.74) is 1.58. The van der Waals surface area contributed by atoms with Gasteiger partial charge in [-0.1, -0.05) is 48.0 Å². The second-order valence-electron chi connectivity index (χ2n) is 5.47. The maximum absolute atomic E-state index is 12.1. The van der Waals surface area contributed by atoms with Gasteiger partial charge in [0.05, 0.1) is 4.90 Å². The van der Waals surface area contributed by atoms with Crippen LogP contribution in [0.5, 0.6) is 0 Å². The van der Waals surface area contributed by atoms with Crippen molar-refractivity contribution in [2.75, 3.05) is 0 Å². The van der Waals surface area contributed by atoms with E-state index in [0.29, 0.717) is 5.56 Å². The zero-order valence-electron chi connectivity index (χ0n) is 13.5. The number of carboxylic acids is 1. The van der Waals surface area contributed by atoms with E-state index in [9.17, 15) is 23.1 Å². The number of benzene rings is 2. The quantitative estimate of drug-likeness (QED) is 0.724. The summed E-state index contributed by atoms with van der Waals surface area (Å²) in [6.45, 7) is 1.80. The van der Waals surface area contributed by atoms with Crippen molar-refractivity contribution in [2.24, 2.45) is 0 Å². The highest BCUT2D eigenvalue weighted by molar-refractivity contribution is 7.90. The van der Waals surface area contributed by atoms with Crippen molar-refractivity contribution in [3.63, 3.8) is 0 Å². The largest absolute Gasteiger partial charge is 0.480 e. The molecule has 0 radical (unpaired) electrons. The summed E-state index contributed by atoms with van der Waals surface area (Å²) >= 11 is 0. The molecule has 0 spiro atoms. The van der Waals surface area contributed by atoms with Gasteiger partial charge < -0.3 is 10.4 Å². The Kier molecular flexibility index (Phi) is 5.76. The highest BCUT2D eigenvalue weighted by Crippen LogP contribution is 2.10. The summed E-state index contributed by atoms with van der Waals surface area (Å²) < 4.78 is 26.1. The minimum Gasteiger partial charge on any atom is -0.480 e. The SMILES string of the molecule is Cc1ccc(S(=O)(=O)NC(=O)N[C@@H](Cc2ccccc2)C(=O)O)cc1. The molecule has 7 nitrogen and oxygen atoms in total. The molecule has 0 aliphatic heterocycles. The first-order valence-electron chi connectivity index (χ1n) is 7.44. The van der Waals surface area contributed by atoms with Gasteiger partial charge in [0.15, 0.2) is 0 Å². The average molecular weight is 362 g/mol. The number of aliphatic carboxylic acids is 1. The third kappa shape index (κ3) is 5.32. The molecule has 0 aromatic heterocycles. The molecule has 0 saturated heterocycles. The number of carboxylic acid groups (broad SMARTS) is 1. The van der Waals surface area contributed by atoms with Crippen molar-refractivity contribution in [1.29, 1.82) is 0 Å². The molecule has 8 heteroatoms. The highest BCUT2D eigenvalue weighted by atomic mass is 32.2. The van der Waals surface area contributed by atoms with E-state index in [1.165, 1.54) is 12.1 Å². The van der Waals surface area contributed by atoms with Crippen molar-refractivity contribution in [1.82, 2.24) is 10.0 Å². The minimum atomic E-state index is -4.08. The van der Waals surface area contributed by atoms with Crippen LogP contribution in [0.1, 0.15) is 11.1 Å². The van der Waals surface area contributed by atoms with E-state index in [2.05, 4.69) is 5.32 Å². The van der Waals surface area contributed by atoms with Gasteiger partial charge in [-0.3, -0.25) is 0 Å². The fourth-order valence-electron chi connectivity index (χ4n) is 2.14. The number of hydrogen-bond donors (Lipinski definition) is 3. The number of amides is 2. The third-order valence-electron chi connectivity index (χ3n) is 3.44. The van der Waals surface area contributed by atoms with Crippen LogP contribution in [0.15, 0.2) is 59.5 Å². The number of aryl methyl sites for hydroxylation is 1. The smallest absolute Gasteiger partial charge is 0.329 e. The molecule has 0 aliphatic rings. The van der Waals surface area contributed by atoms with Crippen LogP contribution in [0, 0.1) is 6.92 Å². The maximum Gasteiger partial charge on any atom is 0.329 e. The van der Waals surface area contributed by atoms with Crippen LogP contribution >= 0.6 is 0 Å². The normalized spacial score (nSPS) is 12.2. The van der Waals surface area contributed by atoms with Crippen LogP contribution in [0.3, 0.4) is 0 Å². The van der Waals surface area contributed by atoms with Crippen LogP contribution < -0.4 is 10.0 Å². The number of rotatable bonds is 6. The van der Waals surface area contributed by atoms with E-state index in [4.69, 9.17) is 0 Å². The summed E-state index contributed by atoms with van der Waals surface area (Å²) in [6.07, 6.45) is 0.0359.